The van der Waals surface area contributed by atoms with E-state index in [2.05, 4.69) is 0 Å². The van der Waals surface area contributed by atoms with Crippen molar-refractivity contribution in [3.05, 3.63) is 29.3 Å². The second-order valence-electron chi connectivity index (χ2n) is 4.13. The van der Waals surface area contributed by atoms with Gasteiger partial charge in [-0.1, -0.05) is 0 Å². The van der Waals surface area contributed by atoms with Crippen molar-refractivity contribution >= 4 is 23.4 Å². The Morgan fingerprint density at radius 3 is 2.42 bits per heavy atom. The molecular formula is C12H12F3NO2S. The van der Waals surface area contributed by atoms with E-state index in [1.807, 2.05) is 0 Å². The number of carboxylic acid groups (broad SMARTS) is 1. The van der Waals surface area contributed by atoms with Crippen molar-refractivity contribution in [1.29, 1.82) is 0 Å². The van der Waals surface area contributed by atoms with Crippen LogP contribution in [0.4, 0.5) is 18.9 Å². The zero-order chi connectivity index (χ0) is 14.0. The summed E-state index contributed by atoms with van der Waals surface area (Å²) in [7, 11) is 0. The van der Waals surface area contributed by atoms with Crippen LogP contribution in [-0.2, 0) is 6.18 Å². The third kappa shape index (κ3) is 3.15. The molecule has 0 atom stereocenters. The number of benzene rings is 1. The Kier molecular flexibility index (Phi) is 3.93. The Hall–Kier alpha value is -1.37. The lowest BCUT2D eigenvalue weighted by Gasteiger charge is -2.30. The highest BCUT2D eigenvalue weighted by Gasteiger charge is 2.36. The monoisotopic (exact) mass is 291 g/mol. The number of alkyl halides is 3. The first-order valence-corrected chi connectivity index (χ1v) is 6.82. The fourth-order valence-corrected chi connectivity index (χ4v) is 2.88. The summed E-state index contributed by atoms with van der Waals surface area (Å²) in [5.41, 5.74) is -1.15. The minimum absolute atomic E-state index is 0.0674. The van der Waals surface area contributed by atoms with Crippen LogP contribution < -0.4 is 4.90 Å². The lowest BCUT2D eigenvalue weighted by Crippen LogP contribution is -2.34. The van der Waals surface area contributed by atoms with E-state index in [4.69, 9.17) is 5.11 Å². The van der Waals surface area contributed by atoms with Crippen LogP contribution in [0, 0.1) is 0 Å². The smallest absolute Gasteiger partial charge is 0.418 e. The van der Waals surface area contributed by atoms with Gasteiger partial charge >= 0.3 is 12.1 Å². The molecule has 0 aromatic heterocycles. The normalized spacial score (nSPS) is 16.5. The van der Waals surface area contributed by atoms with Crippen molar-refractivity contribution in [2.75, 3.05) is 29.5 Å². The molecule has 1 aromatic carbocycles. The fraction of sp³-hybridized carbons (Fsp3) is 0.417. The Labute approximate surface area is 112 Å². The van der Waals surface area contributed by atoms with Gasteiger partial charge in [0.2, 0.25) is 0 Å². The molecule has 1 saturated heterocycles. The van der Waals surface area contributed by atoms with Gasteiger partial charge in [0, 0.05) is 30.3 Å². The van der Waals surface area contributed by atoms with E-state index in [1.165, 1.54) is 12.1 Å². The van der Waals surface area contributed by atoms with Gasteiger partial charge in [-0.25, -0.2) is 4.79 Å². The summed E-state index contributed by atoms with van der Waals surface area (Å²) in [6.45, 7) is 1.08. The lowest BCUT2D eigenvalue weighted by atomic mass is 10.1. The molecule has 0 radical (unpaired) electrons. The molecule has 7 heteroatoms. The van der Waals surface area contributed by atoms with Gasteiger partial charge in [0.15, 0.2) is 0 Å². The molecule has 0 unspecified atom stereocenters. The number of hydrogen-bond acceptors (Lipinski definition) is 3. The number of thioether (sulfide) groups is 1. The van der Waals surface area contributed by atoms with Crippen LogP contribution in [0.3, 0.4) is 0 Å². The van der Waals surface area contributed by atoms with Gasteiger partial charge in [-0.05, 0) is 18.2 Å². The number of carboxylic acids is 1. The van der Waals surface area contributed by atoms with Crippen molar-refractivity contribution in [2.24, 2.45) is 0 Å². The van der Waals surface area contributed by atoms with Crippen LogP contribution in [0.1, 0.15) is 15.9 Å². The predicted octanol–water partition coefficient (Wildman–Crippen LogP) is 2.96. The summed E-state index contributed by atoms with van der Waals surface area (Å²) in [4.78, 5) is 12.4. The van der Waals surface area contributed by atoms with Crippen LogP contribution in [0.15, 0.2) is 18.2 Å². The summed E-state index contributed by atoms with van der Waals surface area (Å²) in [6, 6.07) is 3.18. The molecule has 1 aliphatic rings. The van der Waals surface area contributed by atoms with Crippen molar-refractivity contribution in [2.45, 2.75) is 6.18 Å². The molecular weight excluding hydrogens is 279 g/mol. The van der Waals surface area contributed by atoms with Gasteiger partial charge in [0.1, 0.15) is 0 Å². The molecule has 2 rings (SSSR count). The first kappa shape index (κ1) is 14.0. The number of nitrogens with zero attached hydrogens (tertiary/aromatic N) is 1. The highest BCUT2D eigenvalue weighted by atomic mass is 32.2. The average molecular weight is 291 g/mol. The Bertz CT molecular complexity index is 484. The lowest BCUT2D eigenvalue weighted by molar-refractivity contribution is -0.137. The summed E-state index contributed by atoms with van der Waals surface area (Å²) in [6.07, 6.45) is -4.55. The summed E-state index contributed by atoms with van der Waals surface area (Å²) in [5.74, 6) is 0.196. The highest BCUT2D eigenvalue weighted by molar-refractivity contribution is 7.99. The van der Waals surface area contributed by atoms with E-state index >= 15 is 0 Å². The predicted molar refractivity (Wildman–Crippen MR) is 67.9 cm³/mol. The van der Waals surface area contributed by atoms with Crippen molar-refractivity contribution in [1.82, 2.24) is 0 Å². The van der Waals surface area contributed by atoms with Crippen LogP contribution in [0.5, 0.6) is 0 Å². The summed E-state index contributed by atoms with van der Waals surface area (Å²) in [5, 5.41) is 8.79. The van der Waals surface area contributed by atoms with E-state index in [1.54, 1.807) is 16.7 Å². The molecule has 0 amide bonds. The molecule has 1 aromatic rings. The molecule has 0 bridgehead atoms. The van der Waals surface area contributed by atoms with Crippen LogP contribution in [0.2, 0.25) is 0 Å². The largest absolute Gasteiger partial charge is 0.478 e. The minimum atomic E-state index is -4.55. The zero-order valence-corrected chi connectivity index (χ0v) is 10.7. The third-order valence-corrected chi connectivity index (χ3v) is 3.84. The molecule has 19 heavy (non-hydrogen) atoms. The van der Waals surface area contributed by atoms with Gasteiger partial charge in [0.05, 0.1) is 11.1 Å². The topological polar surface area (TPSA) is 40.5 Å². The zero-order valence-electron chi connectivity index (χ0n) is 9.91. The number of halogens is 3. The molecule has 0 saturated carbocycles. The second-order valence-corrected chi connectivity index (χ2v) is 5.36. The average Bonchev–Trinajstić information content (AvgIpc) is 2.38. The first-order chi connectivity index (χ1) is 8.89. The van der Waals surface area contributed by atoms with Crippen LogP contribution >= 0.6 is 11.8 Å². The Balaban J connectivity index is 2.44. The molecule has 1 aliphatic heterocycles. The number of anilines is 1. The highest BCUT2D eigenvalue weighted by Crippen LogP contribution is 2.38. The first-order valence-electron chi connectivity index (χ1n) is 5.67. The van der Waals surface area contributed by atoms with E-state index in [9.17, 15) is 18.0 Å². The van der Waals surface area contributed by atoms with Gasteiger partial charge < -0.3 is 10.0 Å². The third-order valence-electron chi connectivity index (χ3n) is 2.90. The summed E-state index contributed by atoms with van der Waals surface area (Å²) >= 11 is 1.70. The number of rotatable bonds is 2. The standard InChI is InChI=1S/C12H12F3NO2S/c13-12(14,15)9-7-8(11(17)18)1-2-10(9)16-3-5-19-6-4-16/h1-2,7H,3-6H2,(H,17,18). The van der Waals surface area contributed by atoms with Gasteiger partial charge in [-0.2, -0.15) is 24.9 Å². The van der Waals surface area contributed by atoms with Gasteiger partial charge in [-0.15, -0.1) is 0 Å². The van der Waals surface area contributed by atoms with Crippen molar-refractivity contribution < 1.29 is 23.1 Å². The number of aromatic carboxylic acids is 1. The Morgan fingerprint density at radius 1 is 1.26 bits per heavy atom. The van der Waals surface area contributed by atoms with Gasteiger partial charge in [-0.3, -0.25) is 0 Å². The minimum Gasteiger partial charge on any atom is -0.478 e. The van der Waals surface area contributed by atoms with E-state index in [0.717, 1.165) is 11.5 Å². The van der Waals surface area contributed by atoms with E-state index in [0.29, 0.717) is 19.2 Å². The maximum Gasteiger partial charge on any atom is 0.418 e. The molecule has 3 nitrogen and oxygen atoms in total. The van der Waals surface area contributed by atoms with Crippen molar-refractivity contribution in [3.8, 4) is 0 Å². The van der Waals surface area contributed by atoms with E-state index in [-0.39, 0.29) is 11.3 Å². The molecule has 0 spiro atoms. The van der Waals surface area contributed by atoms with Gasteiger partial charge in [0.25, 0.3) is 0 Å². The van der Waals surface area contributed by atoms with E-state index < -0.39 is 17.7 Å². The van der Waals surface area contributed by atoms with Crippen molar-refractivity contribution in [3.63, 3.8) is 0 Å². The number of carbonyl (C=O) groups is 1. The second kappa shape index (κ2) is 5.32. The molecule has 0 aliphatic carbocycles. The fourth-order valence-electron chi connectivity index (χ4n) is 1.98. The maximum atomic E-state index is 13.0. The maximum absolute atomic E-state index is 13.0. The molecule has 1 heterocycles. The quantitative estimate of drug-likeness (QED) is 0.909. The molecule has 104 valence electrons. The number of hydrogen-bond donors (Lipinski definition) is 1. The molecule has 1 fully saturated rings. The Morgan fingerprint density at radius 2 is 1.89 bits per heavy atom. The SMILES string of the molecule is O=C(O)c1ccc(N2CCSCC2)c(C(F)(F)F)c1. The van der Waals surface area contributed by atoms with Crippen LogP contribution in [0.25, 0.3) is 0 Å². The molecule has 1 N–H and O–H groups in total. The van der Waals surface area contributed by atoms with Crippen LogP contribution in [-0.4, -0.2) is 35.7 Å². The summed E-state index contributed by atoms with van der Waals surface area (Å²) < 4.78 is 39.1.